The van der Waals surface area contributed by atoms with Crippen molar-refractivity contribution >= 4 is 15.9 Å². The Balaban J connectivity index is 2.17. The Morgan fingerprint density at radius 1 is 1.59 bits per heavy atom. The molecule has 0 aliphatic carbocycles. The van der Waals surface area contributed by atoms with E-state index in [9.17, 15) is 0 Å². The molecule has 0 bridgehead atoms. The number of halogens is 1. The molecule has 0 spiro atoms. The Bertz CT molecular complexity index is 376. The van der Waals surface area contributed by atoms with Crippen LogP contribution in [-0.4, -0.2) is 25.4 Å². The van der Waals surface area contributed by atoms with Gasteiger partial charge in [0.2, 0.25) is 0 Å². The third-order valence-electron chi connectivity index (χ3n) is 2.76. The second-order valence-corrected chi connectivity index (χ2v) is 5.37. The lowest BCUT2D eigenvalue weighted by Crippen LogP contribution is -2.21. The van der Waals surface area contributed by atoms with Crippen LogP contribution in [0.15, 0.2) is 22.7 Å². The normalized spacial score (nSPS) is 21.5. The zero-order valence-corrected chi connectivity index (χ0v) is 11.6. The minimum absolute atomic E-state index is 0.131. The predicted octanol–water partition coefficient (Wildman–Crippen LogP) is 2.51. The number of hydrogen-bond acceptors (Lipinski definition) is 3. The second kappa shape index (κ2) is 5.85. The fourth-order valence-electron chi connectivity index (χ4n) is 1.97. The van der Waals surface area contributed by atoms with Gasteiger partial charge >= 0.3 is 0 Å². The van der Waals surface area contributed by atoms with Crippen LogP contribution in [0.2, 0.25) is 0 Å². The molecule has 2 rings (SSSR count). The van der Waals surface area contributed by atoms with Crippen LogP contribution in [0.4, 0.5) is 0 Å². The molecule has 4 heteroatoms. The molecule has 1 saturated heterocycles. The zero-order chi connectivity index (χ0) is 12.3. The van der Waals surface area contributed by atoms with Crippen LogP contribution >= 0.6 is 15.9 Å². The summed E-state index contributed by atoms with van der Waals surface area (Å²) in [6.07, 6.45) is 1.95. The molecule has 2 N–H and O–H groups in total. The van der Waals surface area contributed by atoms with Crippen LogP contribution in [0.3, 0.4) is 0 Å². The van der Waals surface area contributed by atoms with Gasteiger partial charge in [0.05, 0.1) is 17.7 Å². The van der Waals surface area contributed by atoms with Gasteiger partial charge < -0.3 is 15.2 Å². The summed E-state index contributed by atoms with van der Waals surface area (Å²) in [6, 6.07) is 6.21. The first kappa shape index (κ1) is 12.9. The van der Waals surface area contributed by atoms with Crippen molar-refractivity contribution < 1.29 is 9.47 Å². The molecule has 3 nitrogen and oxygen atoms in total. The first-order valence-corrected chi connectivity index (χ1v) is 6.73. The minimum Gasteiger partial charge on any atom is -0.486 e. The summed E-state index contributed by atoms with van der Waals surface area (Å²) < 4.78 is 12.3. The van der Waals surface area contributed by atoms with Crippen LogP contribution in [0.25, 0.3) is 0 Å². The van der Waals surface area contributed by atoms with Crippen LogP contribution in [-0.2, 0) is 11.2 Å². The summed E-state index contributed by atoms with van der Waals surface area (Å²) in [5.41, 5.74) is 7.01. The highest BCUT2D eigenvalue weighted by Crippen LogP contribution is 2.31. The average molecular weight is 300 g/mol. The van der Waals surface area contributed by atoms with E-state index in [1.807, 2.05) is 19.1 Å². The van der Waals surface area contributed by atoms with E-state index in [1.165, 1.54) is 0 Å². The van der Waals surface area contributed by atoms with Crippen molar-refractivity contribution in [2.45, 2.75) is 31.9 Å². The molecule has 0 saturated carbocycles. The topological polar surface area (TPSA) is 44.5 Å². The number of benzene rings is 1. The minimum atomic E-state index is 0.131. The molecular formula is C13H18BrNO2. The molecule has 1 aliphatic heterocycles. The number of nitrogens with two attached hydrogens (primary N) is 1. The quantitative estimate of drug-likeness (QED) is 0.929. The number of ether oxygens (including phenoxy) is 2. The SMILES string of the molecule is CC(N)Cc1cccc(Br)c1OC1CCOC1. The van der Waals surface area contributed by atoms with Crippen LogP contribution in [0.5, 0.6) is 5.75 Å². The molecule has 0 aromatic heterocycles. The molecule has 1 aromatic rings. The Labute approximate surface area is 110 Å². The summed E-state index contributed by atoms with van der Waals surface area (Å²) in [7, 11) is 0. The van der Waals surface area contributed by atoms with Crippen LogP contribution in [0.1, 0.15) is 18.9 Å². The molecule has 1 aliphatic rings. The summed E-state index contributed by atoms with van der Waals surface area (Å²) in [4.78, 5) is 0. The molecule has 2 unspecified atom stereocenters. The van der Waals surface area contributed by atoms with Crippen molar-refractivity contribution in [3.05, 3.63) is 28.2 Å². The molecule has 94 valence electrons. The number of para-hydroxylation sites is 1. The summed E-state index contributed by atoms with van der Waals surface area (Å²) in [6.45, 7) is 3.47. The largest absolute Gasteiger partial charge is 0.486 e. The lowest BCUT2D eigenvalue weighted by atomic mass is 10.1. The first-order valence-electron chi connectivity index (χ1n) is 5.94. The third kappa shape index (κ3) is 3.44. The number of rotatable bonds is 4. The lowest BCUT2D eigenvalue weighted by molar-refractivity contribution is 0.140. The number of hydrogen-bond donors (Lipinski definition) is 1. The van der Waals surface area contributed by atoms with Gasteiger partial charge in [-0.25, -0.2) is 0 Å². The van der Waals surface area contributed by atoms with E-state index >= 15 is 0 Å². The van der Waals surface area contributed by atoms with Crippen molar-refractivity contribution in [2.75, 3.05) is 13.2 Å². The van der Waals surface area contributed by atoms with Crippen molar-refractivity contribution in [3.8, 4) is 5.75 Å². The van der Waals surface area contributed by atoms with Gasteiger partial charge in [-0.3, -0.25) is 0 Å². The van der Waals surface area contributed by atoms with Crippen molar-refractivity contribution in [3.63, 3.8) is 0 Å². The van der Waals surface area contributed by atoms with Crippen LogP contribution in [0, 0.1) is 0 Å². The molecule has 0 amide bonds. The van der Waals surface area contributed by atoms with Gasteiger partial charge in [0, 0.05) is 12.5 Å². The molecule has 2 atom stereocenters. The molecule has 17 heavy (non-hydrogen) atoms. The molecular weight excluding hydrogens is 282 g/mol. The molecule has 0 radical (unpaired) electrons. The van der Waals surface area contributed by atoms with Gasteiger partial charge in [0.15, 0.2) is 0 Å². The van der Waals surface area contributed by atoms with Gasteiger partial charge in [-0.2, -0.15) is 0 Å². The average Bonchev–Trinajstić information content (AvgIpc) is 2.75. The second-order valence-electron chi connectivity index (χ2n) is 4.51. The Morgan fingerprint density at radius 2 is 2.41 bits per heavy atom. The van der Waals surface area contributed by atoms with E-state index in [0.717, 1.165) is 35.2 Å². The third-order valence-corrected chi connectivity index (χ3v) is 3.39. The highest BCUT2D eigenvalue weighted by atomic mass is 79.9. The van der Waals surface area contributed by atoms with E-state index in [1.54, 1.807) is 0 Å². The highest BCUT2D eigenvalue weighted by molar-refractivity contribution is 9.10. The van der Waals surface area contributed by atoms with Crippen molar-refractivity contribution in [1.29, 1.82) is 0 Å². The molecule has 1 fully saturated rings. The maximum atomic E-state index is 6.01. The van der Waals surface area contributed by atoms with Gasteiger partial charge in [-0.05, 0) is 40.9 Å². The van der Waals surface area contributed by atoms with E-state index in [0.29, 0.717) is 6.61 Å². The highest BCUT2D eigenvalue weighted by Gasteiger charge is 2.20. The first-order chi connectivity index (χ1) is 8.16. The van der Waals surface area contributed by atoms with E-state index < -0.39 is 0 Å². The van der Waals surface area contributed by atoms with Gasteiger partial charge in [0.1, 0.15) is 11.9 Å². The standard InChI is InChI=1S/C13H18BrNO2/c1-9(15)7-10-3-2-4-12(14)13(10)17-11-5-6-16-8-11/h2-4,9,11H,5-8,15H2,1H3. The molecule has 1 heterocycles. The Hall–Kier alpha value is -0.580. The lowest BCUT2D eigenvalue weighted by Gasteiger charge is -2.18. The van der Waals surface area contributed by atoms with Crippen molar-refractivity contribution in [1.82, 2.24) is 0 Å². The summed E-state index contributed by atoms with van der Waals surface area (Å²) >= 11 is 3.54. The smallest absolute Gasteiger partial charge is 0.137 e. The maximum Gasteiger partial charge on any atom is 0.137 e. The predicted molar refractivity (Wildman–Crippen MR) is 71.3 cm³/mol. The van der Waals surface area contributed by atoms with E-state index in [-0.39, 0.29) is 12.1 Å². The monoisotopic (exact) mass is 299 g/mol. The maximum absolute atomic E-state index is 6.01. The Kier molecular flexibility index (Phi) is 4.42. The molecule has 1 aromatic carbocycles. The fourth-order valence-corrected chi connectivity index (χ4v) is 2.47. The Morgan fingerprint density at radius 3 is 3.06 bits per heavy atom. The fraction of sp³-hybridized carbons (Fsp3) is 0.538. The van der Waals surface area contributed by atoms with E-state index in [4.69, 9.17) is 15.2 Å². The summed E-state index contributed by atoms with van der Waals surface area (Å²) in [5.74, 6) is 0.917. The van der Waals surface area contributed by atoms with Crippen LogP contribution < -0.4 is 10.5 Å². The van der Waals surface area contributed by atoms with Gasteiger partial charge in [-0.1, -0.05) is 12.1 Å². The van der Waals surface area contributed by atoms with Gasteiger partial charge in [-0.15, -0.1) is 0 Å². The zero-order valence-electron chi connectivity index (χ0n) is 9.99. The summed E-state index contributed by atoms with van der Waals surface area (Å²) in [5, 5.41) is 0. The van der Waals surface area contributed by atoms with Crippen molar-refractivity contribution in [2.24, 2.45) is 5.73 Å². The van der Waals surface area contributed by atoms with Gasteiger partial charge in [0.25, 0.3) is 0 Å². The van der Waals surface area contributed by atoms with E-state index in [2.05, 4.69) is 22.0 Å².